The van der Waals surface area contributed by atoms with Crippen LogP contribution >= 0.6 is 35.3 Å². The average molecular weight is 290 g/mol. The molecule has 5 heteroatoms. The molecule has 1 N–H and O–H groups in total. The second-order valence-corrected chi connectivity index (χ2v) is 4.52. The number of hydrogen-bond acceptors (Lipinski definition) is 3. The number of nitrogens with one attached hydrogen (secondary N) is 1. The quantitative estimate of drug-likeness (QED) is 0.898. The fourth-order valence-corrected chi connectivity index (χ4v) is 2.23. The zero-order valence-electron chi connectivity index (χ0n) is 9.27. The van der Waals surface area contributed by atoms with Crippen molar-refractivity contribution in [3.8, 4) is 5.75 Å². The van der Waals surface area contributed by atoms with E-state index in [2.05, 4.69) is 22.1 Å². The van der Waals surface area contributed by atoms with Gasteiger partial charge in [-0.15, -0.1) is 12.4 Å². The molecule has 2 nitrogen and oxygen atoms in total. The first kappa shape index (κ1) is 14.2. The van der Waals surface area contributed by atoms with Crippen LogP contribution in [0.1, 0.15) is 5.56 Å². The van der Waals surface area contributed by atoms with Gasteiger partial charge in [0, 0.05) is 18.3 Å². The average Bonchev–Trinajstić information content (AvgIpc) is 2.81. The van der Waals surface area contributed by atoms with Crippen molar-refractivity contribution in [3.63, 3.8) is 0 Å². The highest BCUT2D eigenvalue weighted by molar-refractivity contribution is 7.07. The summed E-state index contributed by atoms with van der Waals surface area (Å²) in [6.45, 7) is 0.814. The van der Waals surface area contributed by atoms with Crippen LogP contribution in [0.5, 0.6) is 5.75 Å². The van der Waals surface area contributed by atoms with Crippen LogP contribution < -0.4 is 10.1 Å². The van der Waals surface area contributed by atoms with Gasteiger partial charge in [0.1, 0.15) is 5.75 Å². The number of thiophene rings is 1. The molecule has 0 atom stereocenters. The summed E-state index contributed by atoms with van der Waals surface area (Å²) in [5.41, 5.74) is 2.28. The Hall–Kier alpha value is -0.900. The molecule has 0 amide bonds. The van der Waals surface area contributed by atoms with E-state index in [4.69, 9.17) is 16.3 Å². The van der Waals surface area contributed by atoms with E-state index >= 15 is 0 Å². The van der Waals surface area contributed by atoms with Crippen LogP contribution in [0.25, 0.3) is 0 Å². The number of ether oxygens (including phenoxy) is 1. The van der Waals surface area contributed by atoms with Crippen LogP contribution in [0.15, 0.2) is 35.0 Å². The van der Waals surface area contributed by atoms with Crippen LogP contribution in [0.4, 0.5) is 5.69 Å². The number of rotatable bonds is 4. The molecular formula is C12H13Cl2NOS. The summed E-state index contributed by atoms with van der Waals surface area (Å²) >= 11 is 7.64. The Morgan fingerprint density at radius 1 is 1.35 bits per heavy atom. The van der Waals surface area contributed by atoms with Crippen molar-refractivity contribution in [2.75, 3.05) is 12.4 Å². The molecule has 0 aliphatic carbocycles. The Balaban J connectivity index is 0.00000144. The van der Waals surface area contributed by atoms with Crippen LogP contribution in [-0.4, -0.2) is 7.11 Å². The van der Waals surface area contributed by atoms with E-state index in [1.807, 2.05) is 18.2 Å². The fourth-order valence-electron chi connectivity index (χ4n) is 1.37. The molecule has 0 aliphatic rings. The van der Waals surface area contributed by atoms with Crippen LogP contribution in [0.3, 0.4) is 0 Å². The molecular weight excluding hydrogens is 277 g/mol. The maximum Gasteiger partial charge on any atom is 0.139 e. The number of halogens is 2. The topological polar surface area (TPSA) is 21.3 Å². The molecule has 1 aromatic heterocycles. The van der Waals surface area contributed by atoms with E-state index in [-0.39, 0.29) is 12.4 Å². The molecule has 0 saturated heterocycles. The van der Waals surface area contributed by atoms with E-state index in [0.717, 1.165) is 12.2 Å². The smallest absolute Gasteiger partial charge is 0.139 e. The summed E-state index contributed by atoms with van der Waals surface area (Å²) < 4.78 is 5.15. The van der Waals surface area contributed by atoms with Gasteiger partial charge in [-0.05, 0) is 34.5 Å². The van der Waals surface area contributed by atoms with Gasteiger partial charge in [-0.2, -0.15) is 11.3 Å². The van der Waals surface area contributed by atoms with Crippen LogP contribution in [0.2, 0.25) is 5.02 Å². The second kappa shape index (κ2) is 6.74. The van der Waals surface area contributed by atoms with Gasteiger partial charge in [-0.3, -0.25) is 0 Å². The van der Waals surface area contributed by atoms with Crippen LogP contribution in [-0.2, 0) is 6.54 Å². The number of hydrogen-bond donors (Lipinski definition) is 1. The summed E-state index contributed by atoms with van der Waals surface area (Å²) in [7, 11) is 1.61. The van der Waals surface area contributed by atoms with Gasteiger partial charge in [-0.1, -0.05) is 11.6 Å². The highest BCUT2D eigenvalue weighted by Crippen LogP contribution is 2.27. The minimum Gasteiger partial charge on any atom is -0.495 e. The standard InChI is InChI=1S/C12H12ClNOS.ClH/c1-15-12-6-10(2-3-11(12)13)14-7-9-4-5-16-8-9;/h2-6,8,14H,7H2,1H3;1H. The molecule has 0 spiro atoms. The van der Waals surface area contributed by atoms with Crippen molar-refractivity contribution in [2.24, 2.45) is 0 Å². The molecule has 0 radical (unpaired) electrons. The lowest BCUT2D eigenvalue weighted by Crippen LogP contribution is -1.98. The van der Waals surface area contributed by atoms with Gasteiger partial charge in [0.05, 0.1) is 12.1 Å². The molecule has 92 valence electrons. The first-order valence-corrected chi connectivity index (χ1v) is 6.20. The van der Waals surface area contributed by atoms with Crippen molar-refractivity contribution >= 4 is 41.0 Å². The number of anilines is 1. The van der Waals surface area contributed by atoms with Gasteiger partial charge >= 0.3 is 0 Å². The third-order valence-electron chi connectivity index (χ3n) is 2.23. The normalized spacial score (nSPS) is 9.53. The van der Waals surface area contributed by atoms with E-state index in [0.29, 0.717) is 10.8 Å². The highest BCUT2D eigenvalue weighted by Gasteiger charge is 2.01. The third kappa shape index (κ3) is 3.80. The Morgan fingerprint density at radius 3 is 2.82 bits per heavy atom. The Bertz CT molecular complexity index is 460. The molecule has 1 aromatic carbocycles. The lowest BCUT2D eigenvalue weighted by Gasteiger charge is -2.08. The maximum absolute atomic E-state index is 5.94. The van der Waals surface area contributed by atoms with Crippen molar-refractivity contribution in [1.82, 2.24) is 0 Å². The third-order valence-corrected chi connectivity index (χ3v) is 3.27. The van der Waals surface area contributed by atoms with E-state index < -0.39 is 0 Å². The number of benzene rings is 1. The van der Waals surface area contributed by atoms with Crippen molar-refractivity contribution in [2.45, 2.75) is 6.54 Å². The minimum atomic E-state index is 0. The number of methoxy groups -OCH3 is 1. The first-order valence-electron chi connectivity index (χ1n) is 4.88. The maximum atomic E-state index is 5.94. The first-order chi connectivity index (χ1) is 7.79. The van der Waals surface area contributed by atoms with Crippen molar-refractivity contribution < 1.29 is 4.74 Å². The van der Waals surface area contributed by atoms with Gasteiger partial charge in [0.25, 0.3) is 0 Å². The summed E-state index contributed by atoms with van der Waals surface area (Å²) in [5.74, 6) is 0.692. The molecule has 0 fully saturated rings. The van der Waals surface area contributed by atoms with Gasteiger partial charge in [0.2, 0.25) is 0 Å². The van der Waals surface area contributed by atoms with Crippen molar-refractivity contribution in [1.29, 1.82) is 0 Å². The molecule has 0 aliphatic heterocycles. The van der Waals surface area contributed by atoms with E-state index in [1.165, 1.54) is 5.56 Å². The van der Waals surface area contributed by atoms with E-state index in [9.17, 15) is 0 Å². The Labute approximate surface area is 116 Å². The van der Waals surface area contributed by atoms with E-state index in [1.54, 1.807) is 18.4 Å². The molecule has 0 bridgehead atoms. The summed E-state index contributed by atoms with van der Waals surface area (Å²) in [4.78, 5) is 0. The molecule has 1 heterocycles. The SMILES string of the molecule is COc1cc(NCc2ccsc2)ccc1Cl.Cl. The second-order valence-electron chi connectivity index (χ2n) is 3.33. The van der Waals surface area contributed by atoms with Gasteiger partial charge < -0.3 is 10.1 Å². The van der Waals surface area contributed by atoms with Crippen LogP contribution in [0, 0.1) is 0 Å². The summed E-state index contributed by atoms with van der Waals surface area (Å²) in [6, 6.07) is 7.77. The molecule has 2 rings (SSSR count). The molecule has 17 heavy (non-hydrogen) atoms. The zero-order valence-corrected chi connectivity index (χ0v) is 11.7. The summed E-state index contributed by atoms with van der Waals surface area (Å²) in [5, 5.41) is 8.14. The zero-order chi connectivity index (χ0) is 11.4. The molecule has 0 unspecified atom stereocenters. The Morgan fingerprint density at radius 2 is 2.18 bits per heavy atom. The van der Waals surface area contributed by atoms with Gasteiger partial charge in [-0.25, -0.2) is 0 Å². The highest BCUT2D eigenvalue weighted by atomic mass is 35.5. The van der Waals surface area contributed by atoms with Gasteiger partial charge in [0.15, 0.2) is 0 Å². The largest absolute Gasteiger partial charge is 0.495 e. The summed E-state index contributed by atoms with van der Waals surface area (Å²) in [6.07, 6.45) is 0. The van der Waals surface area contributed by atoms with Crippen molar-refractivity contribution in [3.05, 3.63) is 45.6 Å². The Kier molecular flexibility index (Phi) is 5.62. The predicted octanol–water partition coefficient (Wildman–Crippen LogP) is 4.44. The lowest BCUT2D eigenvalue weighted by molar-refractivity contribution is 0.415. The monoisotopic (exact) mass is 289 g/mol. The minimum absolute atomic E-state index is 0. The molecule has 0 saturated carbocycles. The molecule has 2 aromatic rings. The fraction of sp³-hybridized carbons (Fsp3) is 0.167. The lowest BCUT2D eigenvalue weighted by atomic mass is 10.2. The predicted molar refractivity (Wildman–Crippen MR) is 76.9 cm³/mol.